The zero-order valence-electron chi connectivity index (χ0n) is 13.0. The van der Waals surface area contributed by atoms with Crippen LogP contribution in [-0.2, 0) is 6.42 Å². The SMILES string of the molecule is CCc1oc(C(=O)N2CCOc3ccc(OC)cc32)cc1C. The van der Waals surface area contributed by atoms with Gasteiger partial charge in [-0.2, -0.15) is 0 Å². The van der Waals surface area contributed by atoms with Gasteiger partial charge in [0.25, 0.3) is 5.91 Å². The molecule has 0 saturated carbocycles. The summed E-state index contributed by atoms with van der Waals surface area (Å²) in [6.45, 7) is 4.91. The van der Waals surface area contributed by atoms with Crippen molar-refractivity contribution in [2.75, 3.05) is 25.2 Å². The third kappa shape index (κ3) is 2.43. The van der Waals surface area contributed by atoms with Crippen LogP contribution in [0, 0.1) is 6.92 Å². The summed E-state index contributed by atoms with van der Waals surface area (Å²) in [5, 5.41) is 0. The van der Waals surface area contributed by atoms with Gasteiger partial charge in [0.15, 0.2) is 5.76 Å². The maximum Gasteiger partial charge on any atom is 0.294 e. The van der Waals surface area contributed by atoms with E-state index in [1.54, 1.807) is 18.1 Å². The molecule has 1 aromatic carbocycles. The van der Waals surface area contributed by atoms with Gasteiger partial charge in [-0.15, -0.1) is 0 Å². The first-order chi connectivity index (χ1) is 10.6. The summed E-state index contributed by atoms with van der Waals surface area (Å²) < 4.78 is 16.5. The number of carbonyl (C=O) groups excluding carboxylic acids is 1. The number of hydrogen-bond acceptors (Lipinski definition) is 4. The number of fused-ring (bicyclic) bond motifs is 1. The van der Waals surface area contributed by atoms with Gasteiger partial charge in [-0.05, 0) is 30.7 Å². The number of ether oxygens (including phenoxy) is 2. The minimum absolute atomic E-state index is 0.152. The van der Waals surface area contributed by atoms with Gasteiger partial charge in [-0.3, -0.25) is 9.69 Å². The lowest BCUT2D eigenvalue weighted by Gasteiger charge is -2.29. The second kappa shape index (κ2) is 5.75. The number of furan rings is 1. The van der Waals surface area contributed by atoms with Crippen LogP contribution in [0.25, 0.3) is 0 Å². The number of hydrogen-bond donors (Lipinski definition) is 0. The van der Waals surface area contributed by atoms with Crippen molar-refractivity contribution < 1.29 is 18.7 Å². The van der Waals surface area contributed by atoms with E-state index in [0.29, 0.717) is 36.1 Å². The lowest BCUT2D eigenvalue weighted by Crippen LogP contribution is -2.37. The minimum Gasteiger partial charge on any atom is -0.497 e. The largest absolute Gasteiger partial charge is 0.497 e. The van der Waals surface area contributed by atoms with E-state index in [-0.39, 0.29) is 5.91 Å². The lowest BCUT2D eigenvalue weighted by atomic mass is 10.2. The molecular formula is C17H19NO4. The van der Waals surface area contributed by atoms with Gasteiger partial charge in [0.2, 0.25) is 0 Å². The van der Waals surface area contributed by atoms with Crippen molar-refractivity contribution in [3.05, 3.63) is 41.3 Å². The number of benzene rings is 1. The molecule has 1 amide bonds. The van der Waals surface area contributed by atoms with Gasteiger partial charge in [0, 0.05) is 12.5 Å². The summed E-state index contributed by atoms with van der Waals surface area (Å²) >= 11 is 0. The molecule has 2 aromatic rings. The van der Waals surface area contributed by atoms with Gasteiger partial charge < -0.3 is 13.9 Å². The summed E-state index contributed by atoms with van der Waals surface area (Å²) in [6.07, 6.45) is 0.770. The lowest BCUT2D eigenvalue weighted by molar-refractivity contribution is 0.0948. The molecule has 1 aromatic heterocycles. The third-order valence-corrected chi connectivity index (χ3v) is 3.83. The third-order valence-electron chi connectivity index (χ3n) is 3.83. The monoisotopic (exact) mass is 301 g/mol. The average molecular weight is 301 g/mol. The molecule has 1 aliphatic rings. The normalized spacial score (nSPS) is 13.5. The van der Waals surface area contributed by atoms with Crippen LogP contribution in [0.1, 0.15) is 28.8 Å². The van der Waals surface area contributed by atoms with Crippen LogP contribution in [0.3, 0.4) is 0 Å². The molecule has 116 valence electrons. The number of aryl methyl sites for hydroxylation is 2. The van der Waals surface area contributed by atoms with Crippen molar-refractivity contribution in [2.24, 2.45) is 0 Å². The first kappa shape index (κ1) is 14.5. The van der Waals surface area contributed by atoms with Crippen LogP contribution in [0.5, 0.6) is 11.5 Å². The number of nitrogens with zero attached hydrogens (tertiary/aromatic N) is 1. The van der Waals surface area contributed by atoms with Crippen LogP contribution >= 0.6 is 0 Å². The van der Waals surface area contributed by atoms with Crippen molar-refractivity contribution in [1.29, 1.82) is 0 Å². The van der Waals surface area contributed by atoms with Crippen molar-refractivity contribution in [3.8, 4) is 11.5 Å². The fraction of sp³-hybridized carbons (Fsp3) is 0.353. The number of carbonyl (C=O) groups is 1. The van der Waals surface area contributed by atoms with Crippen LogP contribution in [0.2, 0.25) is 0 Å². The number of amides is 1. The second-order valence-electron chi connectivity index (χ2n) is 5.21. The molecule has 0 aliphatic carbocycles. The zero-order chi connectivity index (χ0) is 15.7. The highest BCUT2D eigenvalue weighted by Gasteiger charge is 2.27. The van der Waals surface area contributed by atoms with Gasteiger partial charge in [-0.25, -0.2) is 0 Å². The highest BCUT2D eigenvalue weighted by molar-refractivity contribution is 6.05. The molecule has 0 spiro atoms. The number of methoxy groups -OCH3 is 1. The van der Waals surface area contributed by atoms with E-state index < -0.39 is 0 Å². The Balaban J connectivity index is 1.97. The second-order valence-corrected chi connectivity index (χ2v) is 5.21. The van der Waals surface area contributed by atoms with Gasteiger partial charge in [-0.1, -0.05) is 6.92 Å². The molecule has 0 unspecified atom stereocenters. The molecule has 3 rings (SSSR count). The summed E-state index contributed by atoms with van der Waals surface area (Å²) in [6, 6.07) is 7.25. The minimum atomic E-state index is -0.152. The Morgan fingerprint density at radius 2 is 2.18 bits per heavy atom. The maximum atomic E-state index is 12.8. The predicted molar refractivity (Wildman–Crippen MR) is 83.0 cm³/mol. The highest BCUT2D eigenvalue weighted by Crippen LogP contribution is 2.36. The molecule has 5 nitrogen and oxygen atoms in total. The average Bonchev–Trinajstić information content (AvgIpc) is 2.94. The first-order valence-electron chi connectivity index (χ1n) is 7.36. The van der Waals surface area contributed by atoms with Crippen molar-refractivity contribution >= 4 is 11.6 Å². The summed E-state index contributed by atoms with van der Waals surface area (Å²) in [7, 11) is 1.60. The fourth-order valence-electron chi connectivity index (χ4n) is 2.64. The van der Waals surface area contributed by atoms with Crippen molar-refractivity contribution in [2.45, 2.75) is 20.3 Å². The van der Waals surface area contributed by atoms with Crippen molar-refractivity contribution in [1.82, 2.24) is 0 Å². The molecule has 22 heavy (non-hydrogen) atoms. The molecule has 0 radical (unpaired) electrons. The Morgan fingerprint density at radius 3 is 2.86 bits per heavy atom. The summed E-state index contributed by atoms with van der Waals surface area (Å²) in [4.78, 5) is 14.5. The Bertz CT molecular complexity index is 705. The van der Waals surface area contributed by atoms with Crippen LogP contribution in [-0.4, -0.2) is 26.2 Å². The van der Waals surface area contributed by atoms with E-state index >= 15 is 0 Å². The van der Waals surface area contributed by atoms with Crippen LogP contribution in [0.15, 0.2) is 28.7 Å². The maximum absolute atomic E-state index is 12.8. The predicted octanol–water partition coefficient (Wildman–Crippen LogP) is 3.20. The number of anilines is 1. The van der Waals surface area contributed by atoms with E-state index in [9.17, 15) is 4.79 Å². The van der Waals surface area contributed by atoms with E-state index in [4.69, 9.17) is 13.9 Å². The van der Waals surface area contributed by atoms with Gasteiger partial charge in [0.1, 0.15) is 23.9 Å². The molecule has 0 N–H and O–H groups in total. The van der Waals surface area contributed by atoms with E-state index in [0.717, 1.165) is 17.7 Å². The fourth-order valence-corrected chi connectivity index (χ4v) is 2.64. The first-order valence-corrected chi connectivity index (χ1v) is 7.36. The Hall–Kier alpha value is -2.43. The van der Waals surface area contributed by atoms with Crippen LogP contribution in [0.4, 0.5) is 5.69 Å². The Kier molecular flexibility index (Phi) is 3.79. The highest BCUT2D eigenvalue weighted by atomic mass is 16.5. The van der Waals surface area contributed by atoms with E-state index in [1.165, 1.54) is 0 Å². The smallest absolute Gasteiger partial charge is 0.294 e. The standard InChI is InChI=1S/C17H19NO4/c1-4-14-11(2)9-16(22-14)17(19)18-7-8-21-15-6-5-12(20-3)10-13(15)18/h5-6,9-10H,4,7-8H2,1-3H3. The molecule has 0 bridgehead atoms. The summed E-state index contributed by atoms with van der Waals surface area (Å²) in [5.74, 6) is 2.43. The number of rotatable bonds is 3. The molecule has 1 aliphatic heterocycles. The quantitative estimate of drug-likeness (QED) is 0.873. The molecular weight excluding hydrogens is 282 g/mol. The molecule has 0 saturated heterocycles. The summed E-state index contributed by atoms with van der Waals surface area (Å²) in [5.41, 5.74) is 1.72. The van der Waals surface area contributed by atoms with Crippen LogP contribution < -0.4 is 14.4 Å². The van der Waals surface area contributed by atoms with E-state index in [2.05, 4.69) is 0 Å². The Labute approximate surface area is 129 Å². The Morgan fingerprint density at radius 1 is 1.36 bits per heavy atom. The zero-order valence-corrected chi connectivity index (χ0v) is 13.0. The molecule has 0 atom stereocenters. The molecule has 0 fully saturated rings. The topological polar surface area (TPSA) is 51.9 Å². The van der Waals surface area contributed by atoms with Gasteiger partial charge >= 0.3 is 0 Å². The molecule has 2 heterocycles. The van der Waals surface area contributed by atoms with Crippen molar-refractivity contribution in [3.63, 3.8) is 0 Å². The molecule has 5 heteroatoms. The van der Waals surface area contributed by atoms with Gasteiger partial charge in [0.05, 0.1) is 19.3 Å². The van der Waals surface area contributed by atoms with E-state index in [1.807, 2.05) is 32.0 Å².